The van der Waals surface area contributed by atoms with Crippen LogP contribution in [0.15, 0.2) is 30.5 Å². The summed E-state index contributed by atoms with van der Waals surface area (Å²) in [5.74, 6) is 0.194. The zero-order valence-corrected chi connectivity index (χ0v) is 15.8. The minimum Gasteiger partial charge on any atom is -0.355 e. The van der Waals surface area contributed by atoms with Crippen LogP contribution in [0.3, 0.4) is 0 Å². The van der Waals surface area contributed by atoms with Crippen LogP contribution in [-0.2, 0) is 9.59 Å². The average Bonchev–Trinajstić information content (AvgIpc) is 3.23. The molecule has 2 aromatic rings. The Kier molecular flexibility index (Phi) is 5.58. The molecule has 6 nitrogen and oxygen atoms in total. The lowest BCUT2D eigenvalue weighted by Gasteiger charge is -2.14. The molecule has 1 saturated carbocycles. The largest absolute Gasteiger partial charge is 0.355 e. The highest BCUT2D eigenvalue weighted by molar-refractivity contribution is 5.82. The standard InChI is InChI=1S/C20H25FN4O2/c1-12-10-17(12)20(27)22-9-8-19(26)24-13(2)18-11-23-25(14(18)3)16-6-4-15(21)5-7-16/h4-7,11-13,17H,8-10H2,1-3H3,(H,22,27)(H,24,26)/t12-,13-,17+/m0/s1. The molecule has 3 rings (SSSR count). The summed E-state index contributed by atoms with van der Waals surface area (Å²) in [6.45, 7) is 6.19. The Morgan fingerprint density at radius 3 is 2.63 bits per heavy atom. The summed E-state index contributed by atoms with van der Waals surface area (Å²) in [7, 11) is 0. The van der Waals surface area contributed by atoms with Gasteiger partial charge in [0, 0.05) is 30.1 Å². The molecule has 1 heterocycles. The summed E-state index contributed by atoms with van der Waals surface area (Å²) in [6, 6.07) is 5.87. The van der Waals surface area contributed by atoms with Crippen LogP contribution < -0.4 is 10.6 Å². The third kappa shape index (κ3) is 4.53. The second kappa shape index (κ2) is 7.90. The van der Waals surface area contributed by atoms with Crippen molar-refractivity contribution in [3.8, 4) is 5.69 Å². The van der Waals surface area contributed by atoms with Crippen molar-refractivity contribution in [3.63, 3.8) is 0 Å². The summed E-state index contributed by atoms with van der Waals surface area (Å²) >= 11 is 0. The Morgan fingerprint density at radius 2 is 2.00 bits per heavy atom. The van der Waals surface area contributed by atoms with Gasteiger partial charge in [-0.15, -0.1) is 0 Å². The number of hydrogen-bond donors (Lipinski definition) is 2. The molecule has 1 fully saturated rings. The van der Waals surface area contributed by atoms with Gasteiger partial charge < -0.3 is 10.6 Å². The van der Waals surface area contributed by atoms with Crippen LogP contribution in [0.2, 0.25) is 0 Å². The molecule has 0 bridgehead atoms. The van der Waals surface area contributed by atoms with Gasteiger partial charge in [-0.2, -0.15) is 5.10 Å². The number of aromatic nitrogens is 2. The smallest absolute Gasteiger partial charge is 0.223 e. The molecule has 2 N–H and O–H groups in total. The quantitative estimate of drug-likeness (QED) is 0.785. The topological polar surface area (TPSA) is 76.0 Å². The summed E-state index contributed by atoms with van der Waals surface area (Å²) in [6.07, 6.45) is 2.88. The van der Waals surface area contributed by atoms with Crippen molar-refractivity contribution in [3.05, 3.63) is 47.5 Å². The molecule has 2 amide bonds. The fourth-order valence-electron chi connectivity index (χ4n) is 3.20. The van der Waals surface area contributed by atoms with Gasteiger partial charge >= 0.3 is 0 Å². The average molecular weight is 372 g/mol. The predicted octanol–water partition coefficient (Wildman–Crippen LogP) is 2.66. The third-order valence-corrected chi connectivity index (χ3v) is 5.06. The van der Waals surface area contributed by atoms with Gasteiger partial charge in [-0.25, -0.2) is 9.07 Å². The van der Waals surface area contributed by atoms with Gasteiger partial charge in [0.1, 0.15) is 5.82 Å². The first-order valence-corrected chi connectivity index (χ1v) is 9.24. The summed E-state index contributed by atoms with van der Waals surface area (Å²) < 4.78 is 14.8. The Hall–Kier alpha value is -2.70. The highest BCUT2D eigenvalue weighted by Crippen LogP contribution is 2.37. The molecule has 0 radical (unpaired) electrons. The van der Waals surface area contributed by atoms with Crippen molar-refractivity contribution in [1.82, 2.24) is 20.4 Å². The minimum absolute atomic E-state index is 0.0415. The van der Waals surface area contributed by atoms with Crippen LogP contribution in [0.1, 0.15) is 44.0 Å². The number of nitrogens with one attached hydrogen (secondary N) is 2. The van der Waals surface area contributed by atoms with Crippen LogP contribution in [-0.4, -0.2) is 28.1 Å². The second-order valence-corrected chi connectivity index (χ2v) is 7.22. The molecule has 0 unspecified atom stereocenters. The number of halogens is 1. The number of rotatable bonds is 7. The maximum atomic E-state index is 13.1. The van der Waals surface area contributed by atoms with E-state index in [-0.39, 0.29) is 36.0 Å². The predicted molar refractivity (Wildman–Crippen MR) is 99.7 cm³/mol. The Bertz CT molecular complexity index is 831. The first-order valence-electron chi connectivity index (χ1n) is 9.24. The Labute approximate surface area is 158 Å². The maximum absolute atomic E-state index is 13.1. The van der Waals surface area contributed by atoms with E-state index in [4.69, 9.17) is 0 Å². The zero-order valence-electron chi connectivity index (χ0n) is 15.8. The van der Waals surface area contributed by atoms with Crippen molar-refractivity contribution in [2.45, 2.75) is 39.7 Å². The SMILES string of the molecule is Cc1c([C@H](C)NC(=O)CCNC(=O)[C@@H]2C[C@@H]2C)cnn1-c1ccc(F)cc1. The first kappa shape index (κ1) is 19.1. The van der Waals surface area contributed by atoms with Gasteiger partial charge in [0.25, 0.3) is 0 Å². The van der Waals surface area contributed by atoms with Gasteiger partial charge in [-0.05, 0) is 50.5 Å². The molecule has 7 heteroatoms. The molecule has 0 saturated heterocycles. The van der Waals surface area contributed by atoms with Crippen molar-refractivity contribution in [2.24, 2.45) is 11.8 Å². The van der Waals surface area contributed by atoms with E-state index in [0.29, 0.717) is 12.5 Å². The highest BCUT2D eigenvalue weighted by Gasteiger charge is 2.38. The fraction of sp³-hybridized carbons (Fsp3) is 0.450. The lowest BCUT2D eigenvalue weighted by atomic mass is 10.1. The van der Waals surface area contributed by atoms with Gasteiger partial charge in [0.05, 0.1) is 17.9 Å². The van der Waals surface area contributed by atoms with Gasteiger partial charge in [-0.3, -0.25) is 9.59 Å². The molecule has 1 aromatic carbocycles. The normalized spacial score (nSPS) is 19.4. The first-order chi connectivity index (χ1) is 12.9. The van der Waals surface area contributed by atoms with E-state index in [0.717, 1.165) is 23.4 Å². The molecule has 0 spiro atoms. The molecular formula is C20H25FN4O2. The van der Waals surface area contributed by atoms with E-state index in [1.165, 1.54) is 12.1 Å². The summed E-state index contributed by atoms with van der Waals surface area (Å²) in [5.41, 5.74) is 2.53. The summed E-state index contributed by atoms with van der Waals surface area (Å²) in [4.78, 5) is 23.9. The number of nitrogens with zero attached hydrogens (tertiary/aromatic N) is 2. The van der Waals surface area contributed by atoms with Crippen molar-refractivity contribution in [2.75, 3.05) is 6.54 Å². The lowest BCUT2D eigenvalue weighted by Crippen LogP contribution is -2.33. The number of carbonyl (C=O) groups is 2. The van der Waals surface area contributed by atoms with Crippen molar-refractivity contribution >= 4 is 11.8 Å². The third-order valence-electron chi connectivity index (χ3n) is 5.06. The molecule has 1 aliphatic rings. The fourth-order valence-corrected chi connectivity index (χ4v) is 3.20. The number of carbonyl (C=O) groups excluding carboxylic acids is 2. The minimum atomic E-state index is -0.298. The van der Waals surface area contributed by atoms with Gasteiger partial charge in [0.2, 0.25) is 11.8 Å². The monoisotopic (exact) mass is 372 g/mol. The molecule has 3 atom stereocenters. The zero-order chi connectivity index (χ0) is 19.6. The van der Waals surface area contributed by atoms with Crippen LogP contribution in [0.4, 0.5) is 4.39 Å². The van der Waals surface area contributed by atoms with E-state index in [9.17, 15) is 14.0 Å². The van der Waals surface area contributed by atoms with Crippen LogP contribution in [0.5, 0.6) is 0 Å². The second-order valence-electron chi connectivity index (χ2n) is 7.22. The van der Waals surface area contributed by atoms with Gasteiger partial charge in [0.15, 0.2) is 0 Å². The van der Waals surface area contributed by atoms with Gasteiger partial charge in [-0.1, -0.05) is 6.92 Å². The Morgan fingerprint density at radius 1 is 1.33 bits per heavy atom. The van der Waals surface area contributed by atoms with Crippen molar-refractivity contribution < 1.29 is 14.0 Å². The number of hydrogen-bond acceptors (Lipinski definition) is 3. The Balaban J connectivity index is 1.53. The maximum Gasteiger partial charge on any atom is 0.223 e. The van der Waals surface area contributed by atoms with E-state index in [2.05, 4.69) is 15.7 Å². The molecule has 1 aromatic heterocycles. The molecule has 144 valence electrons. The van der Waals surface area contributed by atoms with Crippen LogP contribution >= 0.6 is 0 Å². The molecule has 27 heavy (non-hydrogen) atoms. The highest BCUT2D eigenvalue weighted by atomic mass is 19.1. The number of amides is 2. The van der Waals surface area contributed by atoms with Crippen LogP contribution in [0.25, 0.3) is 5.69 Å². The molecule has 1 aliphatic carbocycles. The van der Waals surface area contributed by atoms with E-state index < -0.39 is 0 Å². The van der Waals surface area contributed by atoms with Crippen molar-refractivity contribution in [1.29, 1.82) is 0 Å². The van der Waals surface area contributed by atoms with E-state index in [1.54, 1.807) is 23.0 Å². The van der Waals surface area contributed by atoms with E-state index in [1.807, 2.05) is 20.8 Å². The number of benzene rings is 1. The summed E-state index contributed by atoms with van der Waals surface area (Å²) in [5, 5.41) is 10.1. The van der Waals surface area contributed by atoms with Crippen LogP contribution in [0, 0.1) is 24.6 Å². The van der Waals surface area contributed by atoms with E-state index >= 15 is 0 Å². The molecular weight excluding hydrogens is 347 g/mol. The molecule has 0 aliphatic heterocycles. The lowest BCUT2D eigenvalue weighted by molar-refractivity contribution is -0.123.